The number of benzene rings is 8. The molecular weight excluding hydrogens is 621 g/mol. The molecule has 238 valence electrons. The van der Waals surface area contributed by atoms with Crippen LogP contribution in [-0.2, 0) is 0 Å². The molecule has 0 N–H and O–H groups in total. The number of rotatable bonds is 4. The largest absolute Gasteiger partial charge is 0.454 e. The van der Waals surface area contributed by atoms with Crippen LogP contribution in [0, 0.1) is 0 Å². The molecule has 0 aliphatic heterocycles. The fraction of sp³-hybridized carbons (Fsp3) is 0. The normalized spacial score (nSPS) is 11.9. The Morgan fingerprint density at radius 1 is 0.353 bits per heavy atom. The molecule has 11 aromatic rings. The van der Waals surface area contributed by atoms with Crippen LogP contribution in [0.1, 0.15) is 0 Å². The van der Waals surface area contributed by atoms with E-state index in [2.05, 4.69) is 185 Å². The molecule has 0 atom stereocenters. The highest BCUT2D eigenvalue weighted by Gasteiger charge is 2.21. The lowest BCUT2D eigenvalue weighted by Crippen LogP contribution is -1.96. The molecule has 0 aliphatic carbocycles. The lowest BCUT2D eigenvalue weighted by molar-refractivity contribution is 0.666. The van der Waals surface area contributed by atoms with Gasteiger partial charge in [0.2, 0.25) is 0 Å². The maximum absolute atomic E-state index is 6.79. The second kappa shape index (κ2) is 10.8. The van der Waals surface area contributed by atoms with E-state index < -0.39 is 0 Å². The summed E-state index contributed by atoms with van der Waals surface area (Å²) >= 11 is 0. The number of furan rings is 1. The Hall–Kier alpha value is -6.84. The fourth-order valence-electron chi connectivity index (χ4n) is 8.26. The van der Waals surface area contributed by atoms with Crippen molar-refractivity contribution in [3.8, 4) is 33.6 Å². The molecule has 0 spiro atoms. The van der Waals surface area contributed by atoms with Crippen LogP contribution in [0.3, 0.4) is 0 Å². The summed E-state index contributed by atoms with van der Waals surface area (Å²) in [5, 5.41) is 7.19. The van der Waals surface area contributed by atoms with Gasteiger partial charge in [-0.1, -0.05) is 133 Å². The molecule has 0 bridgehead atoms. The number of aromatic nitrogens is 2. The summed E-state index contributed by atoms with van der Waals surface area (Å²) < 4.78 is 11.6. The predicted octanol–water partition coefficient (Wildman–Crippen LogP) is 13.1. The Kier molecular flexibility index (Phi) is 5.96. The van der Waals surface area contributed by atoms with Crippen LogP contribution in [-0.4, -0.2) is 9.13 Å². The Labute approximate surface area is 293 Å². The third-order valence-electron chi connectivity index (χ3n) is 10.5. The molecule has 0 amide bonds. The average molecular weight is 651 g/mol. The highest BCUT2D eigenvalue weighted by molar-refractivity contribution is 6.17. The van der Waals surface area contributed by atoms with E-state index in [1.165, 1.54) is 54.8 Å². The smallest absolute Gasteiger partial charge is 0.160 e. The predicted molar refractivity (Wildman–Crippen MR) is 213 cm³/mol. The average Bonchev–Trinajstić information content (AvgIpc) is 3.86. The van der Waals surface area contributed by atoms with E-state index in [1.807, 2.05) is 6.07 Å². The van der Waals surface area contributed by atoms with E-state index in [1.54, 1.807) is 0 Å². The second-order valence-corrected chi connectivity index (χ2v) is 13.3. The standard InChI is InChI=1S/C48H30N2O/c1-3-13-31(14-4-1)35-27-28-43(48-47(35)40-19-9-12-22-46(40)51-48)50-42-21-11-8-18-37(42)39-26-24-33(30-45(39)50)32-23-25-38-36-17-7-10-20-41(36)49(44(38)29-32)34-15-5-2-6-16-34/h1-30H. The summed E-state index contributed by atoms with van der Waals surface area (Å²) in [7, 11) is 0. The van der Waals surface area contributed by atoms with Crippen molar-refractivity contribution >= 4 is 65.6 Å². The van der Waals surface area contributed by atoms with Crippen molar-refractivity contribution in [1.29, 1.82) is 0 Å². The molecule has 0 saturated carbocycles. The molecular formula is C48H30N2O. The van der Waals surface area contributed by atoms with Crippen LogP contribution in [0.25, 0.3) is 99.2 Å². The van der Waals surface area contributed by atoms with E-state index in [0.717, 1.165) is 44.3 Å². The first kappa shape index (κ1) is 28.0. The number of nitrogens with zero attached hydrogens (tertiary/aromatic N) is 2. The summed E-state index contributed by atoms with van der Waals surface area (Å²) in [6, 6.07) is 65.4. The van der Waals surface area contributed by atoms with E-state index >= 15 is 0 Å². The van der Waals surface area contributed by atoms with Gasteiger partial charge in [-0.05, 0) is 70.8 Å². The molecule has 0 aliphatic rings. The third-order valence-corrected chi connectivity index (χ3v) is 10.5. The van der Waals surface area contributed by atoms with Crippen LogP contribution in [0.15, 0.2) is 186 Å². The maximum Gasteiger partial charge on any atom is 0.160 e. The van der Waals surface area contributed by atoms with E-state index in [0.29, 0.717) is 0 Å². The molecule has 8 aromatic carbocycles. The summed E-state index contributed by atoms with van der Waals surface area (Å²) in [4.78, 5) is 0. The molecule has 0 radical (unpaired) electrons. The van der Waals surface area contributed by atoms with Gasteiger partial charge in [0.25, 0.3) is 0 Å². The summed E-state index contributed by atoms with van der Waals surface area (Å²) in [6.07, 6.45) is 0. The lowest BCUT2D eigenvalue weighted by Gasteiger charge is -2.12. The minimum absolute atomic E-state index is 0.888. The van der Waals surface area contributed by atoms with Gasteiger partial charge >= 0.3 is 0 Å². The topological polar surface area (TPSA) is 23.0 Å². The minimum atomic E-state index is 0.888. The molecule has 11 rings (SSSR count). The molecule has 51 heavy (non-hydrogen) atoms. The van der Waals surface area contributed by atoms with E-state index in [4.69, 9.17) is 4.42 Å². The number of fused-ring (bicyclic) bond motifs is 9. The minimum Gasteiger partial charge on any atom is -0.454 e. The number of para-hydroxylation sites is 4. The van der Waals surface area contributed by atoms with Crippen molar-refractivity contribution in [3.63, 3.8) is 0 Å². The molecule has 0 unspecified atom stereocenters. The molecule has 3 aromatic heterocycles. The van der Waals surface area contributed by atoms with Crippen LogP contribution in [0.2, 0.25) is 0 Å². The van der Waals surface area contributed by atoms with Gasteiger partial charge in [0.15, 0.2) is 5.58 Å². The Morgan fingerprint density at radius 2 is 0.882 bits per heavy atom. The number of hydrogen-bond acceptors (Lipinski definition) is 1. The van der Waals surface area contributed by atoms with Gasteiger partial charge in [-0.25, -0.2) is 0 Å². The maximum atomic E-state index is 6.79. The first-order valence-electron chi connectivity index (χ1n) is 17.4. The van der Waals surface area contributed by atoms with Gasteiger partial charge in [0, 0.05) is 38.0 Å². The van der Waals surface area contributed by atoms with Crippen molar-refractivity contribution in [1.82, 2.24) is 9.13 Å². The van der Waals surface area contributed by atoms with Crippen molar-refractivity contribution in [2.45, 2.75) is 0 Å². The van der Waals surface area contributed by atoms with Crippen molar-refractivity contribution < 1.29 is 4.42 Å². The summed E-state index contributed by atoms with van der Waals surface area (Å²) in [6.45, 7) is 0. The molecule has 3 nitrogen and oxygen atoms in total. The van der Waals surface area contributed by atoms with E-state index in [9.17, 15) is 0 Å². The highest BCUT2D eigenvalue weighted by Crippen LogP contribution is 2.43. The van der Waals surface area contributed by atoms with Crippen molar-refractivity contribution in [3.05, 3.63) is 182 Å². The van der Waals surface area contributed by atoms with Crippen LogP contribution < -0.4 is 0 Å². The van der Waals surface area contributed by atoms with Gasteiger partial charge in [0.1, 0.15) is 5.58 Å². The molecule has 3 heterocycles. The fourth-order valence-corrected chi connectivity index (χ4v) is 8.26. The summed E-state index contributed by atoms with van der Waals surface area (Å²) in [5.74, 6) is 0. The Morgan fingerprint density at radius 3 is 1.57 bits per heavy atom. The quantitative estimate of drug-likeness (QED) is 0.186. The van der Waals surface area contributed by atoms with Gasteiger partial charge in [-0.3, -0.25) is 0 Å². The van der Waals surface area contributed by atoms with Crippen LogP contribution in [0.4, 0.5) is 0 Å². The molecule has 0 fully saturated rings. The first-order valence-corrected chi connectivity index (χ1v) is 17.4. The number of hydrogen-bond donors (Lipinski definition) is 0. The lowest BCUT2D eigenvalue weighted by atomic mass is 9.98. The summed E-state index contributed by atoms with van der Waals surface area (Å²) in [5.41, 5.74) is 13.4. The monoisotopic (exact) mass is 650 g/mol. The van der Waals surface area contributed by atoms with Crippen molar-refractivity contribution in [2.75, 3.05) is 0 Å². The van der Waals surface area contributed by atoms with Gasteiger partial charge in [0.05, 0.1) is 27.8 Å². The molecule has 3 heteroatoms. The van der Waals surface area contributed by atoms with E-state index in [-0.39, 0.29) is 0 Å². The Bertz CT molecular complexity index is 3130. The zero-order valence-electron chi connectivity index (χ0n) is 27.6. The van der Waals surface area contributed by atoms with Crippen molar-refractivity contribution in [2.24, 2.45) is 0 Å². The van der Waals surface area contributed by atoms with Crippen LogP contribution in [0.5, 0.6) is 0 Å². The Balaban J connectivity index is 1.18. The van der Waals surface area contributed by atoms with Gasteiger partial charge in [-0.2, -0.15) is 0 Å². The molecule has 0 saturated heterocycles. The first-order chi connectivity index (χ1) is 25.3. The third kappa shape index (κ3) is 4.12. The highest BCUT2D eigenvalue weighted by atomic mass is 16.3. The SMILES string of the molecule is c1ccc(-c2ccc(-n3c4ccccc4c4ccc(-c5ccc6c7ccccc7n(-c7ccccc7)c6c5)cc43)c3oc4ccccc4c23)cc1. The zero-order valence-corrected chi connectivity index (χ0v) is 27.6. The van der Waals surface area contributed by atoms with Crippen LogP contribution >= 0.6 is 0 Å². The zero-order chi connectivity index (χ0) is 33.5. The van der Waals surface area contributed by atoms with Gasteiger partial charge in [-0.15, -0.1) is 0 Å². The second-order valence-electron chi connectivity index (χ2n) is 13.3. The van der Waals surface area contributed by atoms with Gasteiger partial charge < -0.3 is 13.6 Å².